The molecule has 13 heteroatoms. The van der Waals surface area contributed by atoms with Crippen molar-refractivity contribution >= 4 is 24.2 Å². The Balaban J connectivity index is 0.000000703. The van der Waals surface area contributed by atoms with Crippen LogP contribution in [0.5, 0.6) is 11.5 Å². The SMILES string of the molecule is CN(C)CCNC(=O)NC(=O)Oc1ccccc1.C[N+](C)(C)CCNC(=O)NC(=O)Oc1ccccc1.[I-]. The number of benzene rings is 2. The molecule has 0 fully saturated rings. The zero-order chi connectivity index (χ0) is 27.7. The summed E-state index contributed by atoms with van der Waals surface area (Å²) >= 11 is 0. The summed E-state index contributed by atoms with van der Waals surface area (Å²) in [5.41, 5.74) is 0. The number of urea groups is 2. The summed E-state index contributed by atoms with van der Waals surface area (Å²) in [6, 6.07) is 16.0. The van der Waals surface area contributed by atoms with Crippen LogP contribution in [0.2, 0.25) is 0 Å². The monoisotopic (exact) mass is 644 g/mol. The minimum Gasteiger partial charge on any atom is -1.00 e. The van der Waals surface area contributed by atoms with E-state index in [-0.39, 0.29) is 24.0 Å². The molecular weight excluding hydrogens is 607 g/mol. The summed E-state index contributed by atoms with van der Waals surface area (Å²) in [7, 11) is 9.84. The van der Waals surface area contributed by atoms with Crippen LogP contribution < -0.4 is 54.7 Å². The number of imide groups is 2. The highest BCUT2D eigenvalue weighted by Crippen LogP contribution is 2.08. The second kappa shape index (κ2) is 18.8. The molecule has 6 amide bonds. The predicted molar refractivity (Wildman–Crippen MR) is 139 cm³/mol. The Morgan fingerprint density at radius 1 is 0.711 bits per heavy atom. The molecule has 0 bridgehead atoms. The smallest absolute Gasteiger partial charge is 0.420 e. The van der Waals surface area contributed by atoms with Crippen molar-refractivity contribution in [3.8, 4) is 11.5 Å². The molecule has 0 saturated heterocycles. The lowest BCUT2D eigenvalue weighted by atomic mass is 10.3. The zero-order valence-electron chi connectivity index (χ0n) is 22.3. The first-order chi connectivity index (χ1) is 17.4. The van der Waals surface area contributed by atoms with E-state index in [0.717, 1.165) is 11.0 Å². The largest absolute Gasteiger partial charge is 1.00 e. The number of nitrogens with one attached hydrogen (secondary N) is 4. The summed E-state index contributed by atoms with van der Waals surface area (Å²) in [5.74, 6) is 0.773. The van der Waals surface area contributed by atoms with Crippen molar-refractivity contribution in [1.29, 1.82) is 0 Å². The molecule has 2 aromatic rings. The maximum Gasteiger partial charge on any atom is 0.420 e. The van der Waals surface area contributed by atoms with Gasteiger partial charge in [0.2, 0.25) is 0 Å². The number of halogens is 1. The van der Waals surface area contributed by atoms with Gasteiger partial charge in [0.05, 0.1) is 34.2 Å². The van der Waals surface area contributed by atoms with Crippen LogP contribution in [0.3, 0.4) is 0 Å². The van der Waals surface area contributed by atoms with Gasteiger partial charge in [-0.15, -0.1) is 0 Å². The van der Waals surface area contributed by atoms with Crippen LogP contribution >= 0.6 is 0 Å². The average molecular weight is 645 g/mol. The highest BCUT2D eigenvalue weighted by molar-refractivity contribution is 5.92. The van der Waals surface area contributed by atoms with Gasteiger partial charge in [-0.3, -0.25) is 0 Å². The van der Waals surface area contributed by atoms with Gasteiger partial charge in [-0.05, 0) is 38.4 Å². The number of rotatable bonds is 8. The Morgan fingerprint density at radius 3 is 1.47 bits per heavy atom. The first-order valence-electron chi connectivity index (χ1n) is 11.5. The van der Waals surface area contributed by atoms with Crippen molar-refractivity contribution in [1.82, 2.24) is 26.2 Å². The van der Waals surface area contributed by atoms with E-state index in [2.05, 4.69) is 21.3 Å². The second-order valence-corrected chi connectivity index (χ2v) is 8.98. The number of amides is 6. The van der Waals surface area contributed by atoms with E-state index in [1.54, 1.807) is 54.6 Å². The van der Waals surface area contributed by atoms with Crippen LogP contribution in [-0.4, -0.2) is 95.0 Å². The molecule has 12 nitrogen and oxygen atoms in total. The van der Waals surface area contributed by atoms with E-state index in [9.17, 15) is 19.2 Å². The van der Waals surface area contributed by atoms with Crippen molar-refractivity contribution in [2.24, 2.45) is 0 Å². The molecular formula is C25H37IN6O6. The van der Waals surface area contributed by atoms with Crippen LogP contribution in [-0.2, 0) is 0 Å². The van der Waals surface area contributed by atoms with Gasteiger partial charge in [-0.1, -0.05) is 36.4 Å². The molecule has 0 aliphatic heterocycles. The number of hydrogen-bond acceptors (Lipinski definition) is 7. The Hall–Kier alpha value is -3.43. The third kappa shape index (κ3) is 18.8. The van der Waals surface area contributed by atoms with Crippen LogP contribution in [0, 0.1) is 0 Å². The predicted octanol–water partition coefficient (Wildman–Crippen LogP) is -0.759. The number of carbonyl (C=O) groups excluding carboxylic acids is 4. The lowest BCUT2D eigenvalue weighted by molar-refractivity contribution is -0.869. The Bertz CT molecular complexity index is 987. The summed E-state index contributed by atoms with van der Waals surface area (Å²) in [6.07, 6.45) is -1.60. The number of quaternary nitrogens is 1. The highest BCUT2D eigenvalue weighted by Gasteiger charge is 2.12. The first-order valence-corrected chi connectivity index (χ1v) is 11.5. The molecule has 0 spiro atoms. The molecule has 0 atom stereocenters. The van der Waals surface area contributed by atoms with E-state index < -0.39 is 24.2 Å². The standard InChI is InChI=1S/C13H19N3O3.C12H17N3O3.HI/c1-16(2,3)10-9-14-12(17)15-13(18)19-11-7-5-4-6-8-11;1-15(2)9-8-13-11(16)14-12(17)18-10-6-4-3-5-7-10;/h4-8H,9-10H2,1-3H3,(H-,14,15,17,18);3-7H,8-9H2,1-2H3,(H2,13,14,16,17);1H. The fraction of sp³-hybridized carbons (Fsp3) is 0.360. The van der Waals surface area contributed by atoms with Crippen molar-refractivity contribution in [3.63, 3.8) is 0 Å². The number of likely N-dealkylation sites (N-methyl/N-ethyl adjacent to an activating group) is 2. The average Bonchev–Trinajstić information content (AvgIpc) is 2.79. The molecule has 210 valence electrons. The molecule has 0 radical (unpaired) electrons. The second-order valence-electron chi connectivity index (χ2n) is 8.98. The van der Waals surface area contributed by atoms with Gasteiger partial charge < -0.3 is 53.5 Å². The maximum atomic E-state index is 11.4. The van der Waals surface area contributed by atoms with Gasteiger partial charge in [0, 0.05) is 13.1 Å². The molecule has 4 N–H and O–H groups in total. The van der Waals surface area contributed by atoms with Crippen molar-refractivity contribution in [2.75, 3.05) is 61.4 Å². The maximum absolute atomic E-state index is 11.4. The molecule has 0 aromatic heterocycles. The summed E-state index contributed by atoms with van der Waals surface area (Å²) in [5, 5.41) is 9.30. The zero-order valence-corrected chi connectivity index (χ0v) is 24.5. The third-order valence-corrected chi connectivity index (χ3v) is 4.25. The molecule has 38 heavy (non-hydrogen) atoms. The van der Waals surface area contributed by atoms with Crippen LogP contribution in [0.25, 0.3) is 0 Å². The van der Waals surface area contributed by atoms with Gasteiger partial charge in [0.1, 0.15) is 11.5 Å². The topological polar surface area (TPSA) is 138 Å². The molecule has 0 aliphatic rings. The number of para-hydroxylation sites is 2. The Kier molecular flexibility index (Phi) is 17.1. The minimum absolute atomic E-state index is 0. The van der Waals surface area contributed by atoms with Crippen molar-refractivity contribution < 1.29 is 57.1 Å². The molecule has 0 heterocycles. The molecule has 2 rings (SSSR count). The fourth-order valence-electron chi connectivity index (χ4n) is 2.41. The lowest BCUT2D eigenvalue weighted by Crippen LogP contribution is -3.00. The Morgan fingerprint density at radius 2 is 1.11 bits per heavy atom. The summed E-state index contributed by atoms with van der Waals surface area (Å²) in [6.45, 7) is 2.40. The molecule has 0 saturated carbocycles. The fourth-order valence-corrected chi connectivity index (χ4v) is 2.41. The molecule has 0 unspecified atom stereocenters. The van der Waals surface area contributed by atoms with E-state index in [4.69, 9.17) is 9.47 Å². The van der Waals surface area contributed by atoms with Crippen LogP contribution in [0.15, 0.2) is 60.7 Å². The quantitative estimate of drug-likeness (QED) is 0.219. The van der Waals surface area contributed by atoms with Gasteiger partial charge >= 0.3 is 24.2 Å². The summed E-state index contributed by atoms with van der Waals surface area (Å²) in [4.78, 5) is 47.3. The normalized spacial score (nSPS) is 10.1. The van der Waals surface area contributed by atoms with Gasteiger partial charge in [0.25, 0.3) is 0 Å². The highest BCUT2D eigenvalue weighted by atomic mass is 127. The van der Waals surface area contributed by atoms with Gasteiger partial charge in [-0.25, -0.2) is 29.8 Å². The first kappa shape index (κ1) is 34.6. The number of carbonyl (C=O) groups is 4. The van der Waals surface area contributed by atoms with E-state index >= 15 is 0 Å². The third-order valence-electron chi connectivity index (χ3n) is 4.25. The van der Waals surface area contributed by atoms with Crippen molar-refractivity contribution in [2.45, 2.75) is 0 Å². The number of nitrogens with zero attached hydrogens (tertiary/aromatic N) is 2. The van der Waals surface area contributed by atoms with Crippen LogP contribution in [0.4, 0.5) is 19.2 Å². The van der Waals surface area contributed by atoms with Gasteiger partial charge in [-0.2, -0.15) is 0 Å². The number of ether oxygens (including phenoxy) is 2. The summed E-state index contributed by atoms with van der Waals surface area (Å²) < 4.78 is 10.5. The van der Waals surface area contributed by atoms with E-state index in [1.165, 1.54) is 0 Å². The number of hydrogen-bond donors (Lipinski definition) is 4. The Labute approximate surface area is 240 Å². The molecule has 0 aliphatic carbocycles. The minimum atomic E-state index is -0.802. The molecule has 2 aromatic carbocycles. The van der Waals surface area contributed by atoms with Crippen molar-refractivity contribution in [3.05, 3.63) is 60.7 Å². The van der Waals surface area contributed by atoms with Crippen LogP contribution in [0.1, 0.15) is 0 Å². The van der Waals surface area contributed by atoms with Gasteiger partial charge in [0.15, 0.2) is 0 Å². The van der Waals surface area contributed by atoms with E-state index in [0.29, 0.717) is 31.1 Å². The lowest BCUT2D eigenvalue weighted by Gasteiger charge is -2.23. The van der Waals surface area contributed by atoms with E-state index in [1.807, 2.05) is 46.2 Å².